The number of aliphatic hydroxyl groups is 1. The molecule has 2 rings (SSSR count). The van der Waals surface area contributed by atoms with Crippen molar-refractivity contribution in [3.8, 4) is 22.8 Å². The second-order valence-electron chi connectivity index (χ2n) is 3.43. The average Bonchev–Trinajstić information content (AvgIpc) is 2.78. The zero-order valence-corrected chi connectivity index (χ0v) is 12.3. The summed E-state index contributed by atoms with van der Waals surface area (Å²) >= 11 is 4.72. The topological polar surface area (TPSA) is 51.6 Å². The standard InChI is InChI=1S/C12H12BrNO3S/c1-16-7-4-3-5-8(17-2)10(7)11-9(6-15)18-12(13)14-11/h3-5,15H,6H2,1-2H3. The van der Waals surface area contributed by atoms with Crippen molar-refractivity contribution >= 4 is 27.3 Å². The summed E-state index contributed by atoms with van der Waals surface area (Å²) in [6.07, 6.45) is 0. The van der Waals surface area contributed by atoms with Crippen LogP contribution in [0.4, 0.5) is 0 Å². The fraction of sp³-hybridized carbons (Fsp3) is 0.250. The van der Waals surface area contributed by atoms with Gasteiger partial charge in [-0.1, -0.05) is 6.07 Å². The molecule has 6 heteroatoms. The maximum Gasteiger partial charge on any atom is 0.160 e. The van der Waals surface area contributed by atoms with Crippen LogP contribution in [-0.4, -0.2) is 24.3 Å². The van der Waals surface area contributed by atoms with Crippen molar-refractivity contribution in [2.45, 2.75) is 6.61 Å². The third-order valence-corrected chi connectivity index (χ3v) is 3.97. The van der Waals surface area contributed by atoms with Crippen LogP contribution in [0.1, 0.15) is 4.88 Å². The first-order chi connectivity index (χ1) is 8.71. The molecular formula is C12H12BrNO3S. The molecule has 18 heavy (non-hydrogen) atoms. The third kappa shape index (κ3) is 2.36. The fourth-order valence-electron chi connectivity index (χ4n) is 1.71. The summed E-state index contributed by atoms with van der Waals surface area (Å²) in [5.41, 5.74) is 1.44. The molecule has 0 unspecified atom stereocenters. The molecule has 1 aromatic heterocycles. The van der Waals surface area contributed by atoms with E-state index in [2.05, 4.69) is 20.9 Å². The Kier molecular flexibility index (Phi) is 4.21. The van der Waals surface area contributed by atoms with E-state index in [1.54, 1.807) is 14.2 Å². The van der Waals surface area contributed by atoms with E-state index in [0.29, 0.717) is 17.2 Å². The molecule has 0 aliphatic carbocycles. The molecule has 0 aliphatic rings. The molecule has 96 valence electrons. The lowest BCUT2D eigenvalue weighted by molar-refractivity contribution is 0.285. The number of hydrogen-bond donors (Lipinski definition) is 1. The van der Waals surface area contributed by atoms with Crippen LogP contribution in [0.15, 0.2) is 22.1 Å². The van der Waals surface area contributed by atoms with Gasteiger partial charge in [-0.3, -0.25) is 0 Å². The van der Waals surface area contributed by atoms with Crippen molar-refractivity contribution < 1.29 is 14.6 Å². The highest BCUT2D eigenvalue weighted by atomic mass is 79.9. The van der Waals surface area contributed by atoms with Crippen molar-refractivity contribution in [3.63, 3.8) is 0 Å². The van der Waals surface area contributed by atoms with E-state index in [0.717, 1.165) is 14.4 Å². The molecule has 4 nitrogen and oxygen atoms in total. The Morgan fingerprint density at radius 1 is 1.28 bits per heavy atom. The Balaban J connectivity index is 2.68. The first-order valence-corrected chi connectivity index (χ1v) is 6.79. The highest BCUT2D eigenvalue weighted by molar-refractivity contribution is 9.11. The normalized spacial score (nSPS) is 10.4. The fourth-order valence-corrected chi connectivity index (χ4v) is 3.12. The summed E-state index contributed by atoms with van der Waals surface area (Å²) < 4.78 is 11.4. The second-order valence-corrected chi connectivity index (χ2v) is 5.79. The van der Waals surface area contributed by atoms with Gasteiger partial charge >= 0.3 is 0 Å². The number of thiazole rings is 1. The van der Waals surface area contributed by atoms with E-state index >= 15 is 0 Å². The minimum absolute atomic E-state index is 0.0696. The maximum atomic E-state index is 9.39. The number of methoxy groups -OCH3 is 2. The highest BCUT2D eigenvalue weighted by Crippen LogP contribution is 2.41. The first-order valence-electron chi connectivity index (χ1n) is 5.18. The van der Waals surface area contributed by atoms with Crippen LogP contribution in [0.25, 0.3) is 11.3 Å². The zero-order valence-electron chi connectivity index (χ0n) is 9.94. The van der Waals surface area contributed by atoms with Gasteiger partial charge in [-0.25, -0.2) is 4.98 Å². The predicted octanol–water partition coefficient (Wildman–Crippen LogP) is 3.08. The number of benzene rings is 1. The minimum Gasteiger partial charge on any atom is -0.496 e. The van der Waals surface area contributed by atoms with Gasteiger partial charge in [0.1, 0.15) is 11.5 Å². The first kappa shape index (κ1) is 13.3. The van der Waals surface area contributed by atoms with Crippen molar-refractivity contribution in [3.05, 3.63) is 27.0 Å². The minimum atomic E-state index is -0.0696. The number of ether oxygens (including phenoxy) is 2. The van der Waals surface area contributed by atoms with Crippen LogP contribution in [0, 0.1) is 0 Å². The number of halogens is 1. The van der Waals surface area contributed by atoms with Gasteiger partial charge in [0.2, 0.25) is 0 Å². The van der Waals surface area contributed by atoms with Crippen LogP contribution in [0.5, 0.6) is 11.5 Å². The summed E-state index contributed by atoms with van der Waals surface area (Å²) in [5.74, 6) is 1.34. The molecular weight excluding hydrogens is 318 g/mol. The summed E-state index contributed by atoms with van der Waals surface area (Å²) in [6, 6.07) is 5.53. The van der Waals surface area contributed by atoms with E-state index in [4.69, 9.17) is 9.47 Å². The molecule has 0 atom stereocenters. The maximum absolute atomic E-state index is 9.39. The molecule has 1 heterocycles. The van der Waals surface area contributed by atoms with Gasteiger partial charge in [0.05, 0.1) is 37.0 Å². The number of nitrogens with zero attached hydrogens (tertiary/aromatic N) is 1. The van der Waals surface area contributed by atoms with Crippen LogP contribution in [0.3, 0.4) is 0 Å². The van der Waals surface area contributed by atoms with Crippen LogP contribution >= 0.6 is 27.3 Å². The van der Waals surface area contributed by atoms with Gasteiger partial charge in [0.25, 0.3) is 0 Å². The molecule has 0 amide bonds. The summed E-state index contributed by atoms with van der Waals surface area (Å²) in [4.78, 5) is 5.15. The number of aromatic nitrogens is 1. The van der Waals surface area contributed by atoms with Gasteiger partial charge in [-0.2, -0.15) is 0 Å². The SMILES string of the molecule is COc1cccc(OC)c1-c1nc(Br)sc1CO. The molecule has 0 saturated carbocycles. The largest absolute Gasteiger partial charge is 0.496 e. The van der Waals surface area contributed by atoms with Crippen LogP contribution in [0.2, 0.25) is 0 Å². The van der Waals surface area contributed by atoms with Crippen LogP contribution < -0.4 is 9.47 Å². The van der Waals surface area contributed by atoms with E-state index in [9.17, 15) is 5.11 Å². The third-order valence-electron chi connectivity index (χ3n) is 2.48. The summed E-state index contributed by atoms with van der Waals surface area (Å²) in [5, 5.41) is 9.39. The lowest BCUT2D eigenvalue weighted by atomic mass is 10.1. The molecule has 1 N–H and O–H groups in total. The van der Waals surface area contributed by atoms with Gasteiger partial charge in [0.15, 0.2) is 3.92 Å². The Labute approximate surface area is 117 Å². The quantitative estimate of drug-likeness (QED) is 0.936. The van der Waals surface area contributed by atoms with Crippen molar-refractivity contribution in [2.75, 3.05) is 14.2 Å². The monoisotopic (exact) mass is 329 g/mol. The lowest BCUT2D eigenvalue weighted by Crippen LogP contribution is -1.95. The van der Waals surface area contributed by atoms with Gasteiger partial charge in [-0.05, 0) is 28.1 Å². The molecule has 0 saturated heterocycles. The summed E-state index contributed by atoms with van der Waals surface area (Å²) in [6.45, 7) is -0.0696. The van der Waals surface area contributed by atoms with Crippen molar-refractivity contribution in [1.29, 1.82) is 0 Å². The van der Waals surface area contributed by atoms with Gasteiger partial charge in [0, 0.05) is 0 Å². The number of rotatable bonds is 4. The smallest absolute Gasteiger partial charge is 0.160 e. The number of aliphatic hydroxyl groups excluding tert-OH is 1. The Bertz CT molecular complexity index is 534. The van der Waals surface area contributed by atoms with E-state index in [-0.39, 0.29) is 6.61 Å². The van der Waals surface area contributed by atoms with Gasteiger partial charge in [-0.15, -0.1) is 11.3 Å². The Morgan fingerprint density at radius 2 is 1.89 bits per heavy atom. The van der Waals surface area contributed by atoms with Crippen LogP contribution in [-0.2, 0) is 6.61 Å². The van der Waals surface area contributed by atoms with Crippen molar-refractivity contribution in [1.82, 2.24) is 4.98 Å². The Hall–Kier alpha value is -1.11. The highest BCUT2D eigenvalue weighted by Gasteiger charge is 2.19. The average molecular weight is 330 g/mol. The second kappa shape index (κ2) is 5.69. The lowest BCUT2D eigenvalue weighted by Gasteiger charge is -2.12. The Morgan fingerprint density at radius 3 is 2.39 bits per heavy atom. The molecule has 0 bridgehead atoms. The molecule has 0 spiro atoms. The predicted molar refractivity (Wildman–Crippen MR) is 74.3 cm³/mol. The molecule has 2 aromatic rings. The zero-order chi connectivity index (χ0) is 13.1. The van der Waals surface area contributed by atoms with E-state index in [1.807, 2.05) is 18.2 Å². The molecule has 1 aromatic carbocycles. The van der Waals surface area contributed by atoms with E-state index in [1.165, 1.54) is 11.3 Å². The molecule has 0 radical (unpaired) electrons. The van der Waals surface area contributed by atoms with Crippen molar-refractivity contribution in [2.24, 2.45) is 0 Å². The molecule has 0 fully saturated rings. The molecule has 0 aliphatic heterocycles. The summed E-state index contributed by atoms with van der Waals surface area (Å²) in [7, 11) is 3.19. The van der Waals surface area contributed by atoms with E-state index < -0.39 is 0 Å². The van der Waals surface area contributed by atoms with Gasteiger partial charge < -0.3 is 14.6 Å². The number of hydrogen-bond acceptors (Lipinski definition) is 5.